The van der Waals surface area contributed by atoms with E-state index in [1.807, 2.05) is 23.1 Å². The Hall–Kier alpha value is -3.23. The van der Waals surface area contributed by atoms with Crippen molar-refractivity contribution in [2.24, 2.45) is 0 Å². The maximum absolute atomic E-state index is 13.0. The fourth-order valence-electron chi connectivity index (χ4n) is 3.82. The minimum absolute atomic E-state index is 0.0865. The zero-order chi connectivity index (χ0) is 22.2. The van der Waals surface area contributed by atoms with Gasteiger partial charge in [-0.05, 0) is 24.3 Å². The summed E-state index contributed by atoms with van der Waals surface area (Å²) in [6, 6.07) is 12.3. The number of carbonyl (C=O) groups excluding carboxylic acids is 1. The monoisotopic (exact) mass is 472 g/mol. The largest absolute Gasteiger partial charge is 0.454 e. The maximum atomic E-state index is 13.0. The number of halogens is 2. The molecule has 2 aliphatic rings. The van der Waals surface area contributed by atoms with Crippen molar-refractivity contribution in [3.05, 3.63) is 74.6 Å². The molecule has 0 bridgehead atoms. The van der Waals surface area contributed by atoms with Crippen molar-refractivity contribution in [1.82, 2.24) is 14.7 Å². The number of fused-ring (bicyclic) bond motifs is 1. The summed E-state index contributed by atoms with van der Waals surface area (Å²) in [5.41, 5.74) is 1.26. The van der Waals surface area contributed by atoms with Gasteiger partial charge in [0.05, 0.1) is 22.6 Å². The number of benzene rings is 2. The summed E-state index contributed by atoms with van der Waals surface area (Å²) in [4.78, 5) is 29.4. The number of hydrogen-bond donors (Lipinski definition) is 0. The third kappa shape index (κ3) is 3.65. The van der Waals surface area contributed by atoms with Crippen LogP contribution in [0.15, 0.2) is 53.5 Å². The van der Waals surface area contributed by atoms with Crippen LogP contribution in [-0.2, 0) is 0 Å². The molecule has 2 aromatic carbocycles. The van der Waals surface area contributed by atoms with Crippen LogP contribution in [0.4, 0.5) is 5.69 Å². The van der Waals surface area contributed by atoms with Crippen molar-refractivity contribution in [3.8, 4) is 17.2 Å². The quantitative estimate of drug-likeness (QED) is 0.582. The molecule has 1 aromatic heterocycles. The van der Waals surface area contributed by atoms with E-state index < -0.39 is 0 Å². The average molecular weight is 473 g/mol. The predicted molar refractivity (Wildman–Crippen MR) is 121 cm³/mol. The lowest BCUT2D eigenvalue weighted by atomic mass is 10.1. The van der Waals surface area contributed by atoms with Gasteiger partial charge in [-0.2, -0.15) is 9.78 Å². The molecular formula is C22H18Cl2N4O4. The van der Waals surface area contributed by atoms with Crippen molar-refractivity contribution in [3.63, 3.8) is 0 Å². The molecule has 32 heavy (non-hydrogen) atoms. The molecule has 0 N–H and O–H groups in total. The predicted octanol–water partition coefficient (Wildman–Crippen LogP) is 3.23. The molecule has 0 aliphatic carbocycles. The van der Waals surface area contributed by atoms with Crippen LogP contribution in [0.1, 0.15) is 10.4 Å². The zero-order valence-electron chi connectivity index (χ0n) is 16.8. The highest BCUT2D eigenvalue weighted by Crippen LogP contribution is 2.40. The summed E-state index contributed by atoms with van der Waals surface area (Å²) in [7, 11) is 0. The maximum Gasteiger partial charge on any atom is 0.292 e. The Kier molecular flexibility index (Phi) is 5.40. The molecule has 2 aliphatic heterocycles. The first-order valence-corrected chi connectivity index (χ1v) is 10.7. The second-order valence-corrected chi connectivity index (χ2v) is 8.15. The van der Waals surface area contributed by atoms with Crippen molar-refractivity contribution < 1.29 is 14.3 Å². The summed E-state index contributed by atoms with van der Waals surface area (Å²) < 4.78 is 11.9. The Morgan fingerprint density at radius 2 is 1.75 bits per heavy atom. The van der Waals surface area contributed by atoms with Gasteiger partial charge in [0.15, 0.2) is 11.5 Å². The van der Waals surface area contributed by atoms with Gasteiger partial charge in [0.1, 0.15) is 5.02 Å². The SMILES string of the molecule is O=C(c1cc(Cl)c2c(c1)OCO2)N1CCN(c2cnn(-c3ccccc3)c(=O)c2Cl)CC1. The lowest BCUT2D eigenvalue weighted by Gasteiger charge is -2.36. The van der Waals surface area contributed by atoms with Gasteiger partial charge >= 0.3 is 0 Å². The molecule has 0 atom stereocenters. The zero-order valence-corrected chi connectivity index (χ0v) is 18.3. The number of hydrogen-bond acceptors (Lipinski definition) is 6. The number of ether oxygens (including phenoxy) is 2. The van der Waals surface area contributed by atoms with E-state index in [4.69, 9.17) is 32.7 Å². The number of para-hydroxylation sites is 1. The average Bonchev–Trinajstić information content (AvgIpc) is 3.30. The third-order valence-corrected chi connectivity index (χ3v) is 6.12. The smallest absolute Gasteiger partial charge is 0.292 e. The normalized spacial score (nSPS) is 15.2. The van der Waals surface area contributed by atoms with Gasteiger partial charge in [0, 0.05) is 31.7 Å². The minimum atomic E-state index is -0.385. The molecule has 5 rings (SSSR count). The van der Waals surface area contributed by atoms with Crippen LogP contribution >= 0.6 is 23.2 Å². The summed E-state index contributed by atoms with van der Waals surface area (Å²) in [5, 5.41) is 4.74. The molecule has 0 saturated carbocycles. The van der Waals surface area contributed by atoms with E-state index in [1.165, 1.54) is 4.68 Å². The van der Waals surface area contributed by atoms with E-state index in [-0.39, 0.29) is 23.3 Å². The molecule has 8 nitrogen and oxygen atoms in total. The first kappa shape index (κ1) is 20.7. The van der Waals surface area contributed by atoms with Crippen molar-refractivity contribution in [2.45, 2.75) is 0 Å². The number of nitrogens with zero attached hydrogens (tertiary/aromatic N) is 4. The fourth-order valence-corrected chi connectivity index (χ4v) is 4.34. The Morgan fingerprint density at radius 3 is 2.50 bits per heavy atom. The van der Waals surface area contributed by atoms with Gasteiger partial charge in [-0.3, -0.25) is 9.59 Å². The van der Waals surface area contributed by atoms with E-state index in [2.05, 4.69) is 5.10 Å². The molecule has 1 fully saturated rings. The van der Waals surface area contributed by atoms with Crippen molar-refractivity contribution in [2.75, 3.05) is 37.9 Å². The lowest BCUT2D eigenvalue weighted by Crippen LogP contribution is -2.49. The van der Waals surface area contributed by atoms with E-state index in [9.17, 15) is 9.59 Å². The Balaban J connectivity index is 1.31. The van der Waals surface area contributed by atoms with Gasteiger partial charge < -0.3 is 19.3 Å². The lowest BCUT2D eigenvalue weighted by molar-refractivity contribution is 0.0746. The highest BCUT2D eigenvalue weighted by Gasteiger charge is 2.27. The second-order valence-electron chi connectivity index (χ2n) is 7.37. The summed E-state index contributed by atoms with van der Waals surface area (Å²) in [6.45, 7) is 2.04. The molecule has 3 aromatic rings. The van der Waals surface area contributed by atoms with Gasteiger partial charge in [-0.15, -0.1) is 0 Å². The van der Waals surface area contributed by atoms with Gasteiger partial charge in [-0.1, -0.05) is 41.4 Å². The molecule has 0 unspecified atom stereocenters. The minimum Gasteiger partial charge on any atom is -0.454 e. The van der Waals surface area contributed by atoms with Crippen LogP contribution < -0.4 is 19.9 Å². The first-order chi connectivity index (χ1) is 15.5. The van der Waals surface area contributed by atoms with Crippen LogP contribution in [0, 0.1) is 0 Å². The summed E-state index contributed by atoms with van der Waals surface area (Å²) in [6.07, 6.45) is 1.59. The molecular weight excluding hydrogens is 455 g/mol. The standard InChI is InChI=1S/C22H18Cl2N4O4/c23-16-10-14(11-18-20(16)32-13-31-18)21(29)27-8-6-26(7-9-27)17-12-25-28(22(30)19(17)24)15-4-2-1-3-5-15/h1-5,10-12H,6-9,13H2. The molecule has 10 heteroatoms. The van der Waals surface area contributed by atoms with E-state index in [0.717, 1.165) is 0 Å². The van der Waals surface area contributed by atoms with Gasteiger partial charge in [0.2, 0.25) is 6.79 Å². The van der Waals surface area contributed by atoms with Gasteiger partial charge in [-0.25, -0.2) is 0 Å². The molecule has 0 radical (unpaired) electrons. The Labute approximate surface area is 193 Å². The highest BCUT2D eigenvalue weighted by atomic mass is 35.5. The number of anilines is 1. The van der Waals surface area contributed by atoms with Gasteiger partial charge in [0.25, 0.3) is 11.5 Å². The first-order valence-electron chi connectivity index (χ1n) is 9.99. The molecule has 1 saturated heterocycles. The number of piperazine rings is 1. The Morgan fingerprint density at radius 1 is 1.00 bits per heavy atom. The van der Waals surface area contributed by atoms with E-state index in [0.29, 0.717) is 59.6 Å². The summed E-state index contributed by atoms with van der Waals surface area (Å²) in [5.74, 6) is 0.783. The molecule has 164 valence electrons. The van der Waals surface area contributed by atoms with E-state index in [1.54, 1.807) is 35.4 Å². The molecule has 3 heterocycles. The fraction of sp³-hybridized carbons (Fsp3) is 0.227. The number of rotatable bonds is 3. The number of aromatic nitrogens is 2. The van der Waals surface area contributed by atoms with Crippen LogP contribution in [0.3, 0.4) is 0 Å². The Bertz CT molecular complexity index is 1240. The molecule has 0 spiro atoms. The topological polar surface area (TPSA) is 76.9 Å². The third-order valence-electron chi connectivity index (χ3n) is 5.48. The van der Waals surface area contributed by atoms with Crippen LogP contribution in [0.5, 0.6) is 11.5 Å². The number of carbonyl (C=O) groups is 1. The van der Waals surface area contributed by atoms with E-state index >= 15 is 0 Å². The summed E-state index contributed by atoms with van der Waals surface area (Å²) >= 11 is 12.6. The van der Waals surface area contributed by atoms with Crippen LogP contribution in [0.25, 0.3) is 5.69 Å². The highest BCUT2D eigenvalue weighted by molar-refractivity contribution is 6.33. The van der Waals surface area contributed by atoms with Crippen molar-refractivity contribution in [1.29, 1.82) is 0 Å². The number of amides is 1. The molecule has 1 amide bonds. The van der Waals surface area contributed by atoms with Crippen molar-refractivity contribution >= 4 is 34.8 Å². The second kappa shape index (κ2) is 8.37. The van der Waals surface area contributed by atoms with Crippen LogP contribution in [0.2, 0.25) is 10.0 Å². The van der Waals surface area contributed by atoms with Crippen LogP contribution in [-0.4, -0.2) is 53.6 Å².